The van der Waals surface area contributed by atoms with Crippen LogP contribution in [0.15, 0.2) is 47.5 Å². The Kier molecular flexibility index (Phi) is 8.07. The quantitative estimate of drug-likeness (QED) is 0.535. The third kappa shape index (κ3) is 5.85. The molecule has 6 nitrogen and oxygen atoms in total. The van der Waals surface area contributed by atoms with Crippen molar-refractivity contribution in [3.63, 3.8) is 0 Å². The SMILES string of the molecule is CCOc1cc(NC(=NC)NCC(c2cccc(F)c2)N(C)C)ccc1OC. The Balaban J connectivity index is 2.08. The smallest absolute Gasteiger partial charge is 0.195 e. The Hall–Kier alpha value is -2.80. The van der Waals surface area contributed by atoms with Crippen LogP contribution in [0, 0.1) is 5.82 Å². The third-order valence-corrected chi connectivity index (χ3v) is 4.27. The van der Waals surface area contributed by atoms with Gasteiger partial charge in [-0.1, -0.05) is 12.1 Å². The van der Waals surface area contributed by atoms with Crippen molar-refractivity contribution in [2.75, 3.05) is 46.7 Å². The number of nitrogens with one attached hydrogen (secondary N) is 2. The molecule has 2 aromatic rings. The lowest BCUT2D eigenvalue weighted by atomic mass is 10.1. The van der Waals surface area contributed by atoms with E-state index < -0.39 is 0 Å². The predicted molar refractivity (Wildman–Crippen MR) is 112 cm³/mol. The van der Waals surface area contributed by atoms with Gasteiger partial charge in [-0.05, 0) is 50.8 Å². The molecule has 2 rings (SSSR count). The minimum absolute atomic E-state index is 0.0101. The van der Waals surface area contributed by atoms with Gasteiger partial charge >= 0.3 is 0 Å². The van der Waals surface area contributed by atoms with Gasteiger partial charge in [0, 0.05) is 25.3 Å². The number of rotatable bonds is 8. The number of guanidine groups is 1. The fraction of sp³-hybridized carbons (Fsp3) is 0.381. The second kappa shape index (κ2) is 10.5. The summed E-state index contributed by atoms with van der Waals surface area (Å²) in [7, 11) is 7.24. The van der Waals surface area contributed by atoms with E-state index >= 15 is 0 Å². The molecule has 152 valence electrons. The van der Waals surface area contributed by atoms with E-state index in [4.69, 9.17) is 9.47 Å². The van der Waals surface area contributed by atoms with Crippen LogP contribution in [0.2, 0.25) is 0 Å². The maximum Gasteiger partial charge on any atom is 0.195 e. The zero-order valence-corrected chi connectivity index (χ0v) is 17.1. The van der Waals surface area contributed by atoms with Gasteiger partial charge in [0.25, 0.3) is 0 Å². The van der Waals surface area contributed by atoms with Gasteiger partial charge in [0.15, 0.2) is 17.5 Å². The fourth-order valence-electron chi connectivity index (χ4n) is 2.84. The van der Waals surface area contributed by atoms with Crippen molar-refractivity contribution in [2.45, 2.75) is 13.0 Å². The van der Waals surface area contributed by atoms with Crippen LogP contribution >= 0.6 is 0 Å². The van der Waals surface area contributed by atoms with Crippen molar-refractivity contribution < 1.29 is 13.9 Å². The molecule has 0 saturated heterocycles. The minimum atomic E-state index is -0.242. The van der Waals surface area contributed by atoms with Crippen molar-refractivity contribution >= 4 is 11.6 Å². The van der Waals surface area contributed by atoms with Crippen LogP contribution in [-0.4, -0.2) is 52.3 Å². The van der Waals surface area contributed by atoms with Gasteiger partial charge < -0.3 is 25.0 Å². The Morgan fingerprint density at radius 3 is 2.57 bits per heavy atom. The lowest BCUT2D eigenvalue weighted by Crippen LogP contribution is -2.38. The summed E-state index contributed by atoms with van der Waals surface area (Å²) >= 11 is 0. The molecule has 0 radical (unpaired) electrons. The molecule has 0 aliphatic heterocycles. The largest absolute Gasteiger partial charge is 0.493 e. The molecule has 0 aliphatic rings. The summed E-state index contributed by atoms with van der Waals surface area (Å²) in [6.45, 7) is 3.03. The Morgan fingerprint density at radius 2 is 1.96 bits per heavy atom. The van der Waals surface area contributed by atoms with Crippen LogP contribution in [0.3, 0.4) is 0 Å². The predicted octanol–water partition coefficient (Wildman–Crippen LogP) is 3.52. The van der Waals surface area contributed by atoms with Gasteiger partial charge in [-0.25, -0.2) is 4.39 Å². The number of anilines is 1. The molecule has 0 fully saturated rings. The Labute approximate surface area is 166 Å². The highest BCUT2D eigenvalue weighted by Gasteiger charge is 2.15. The van der Waals surface area contributed by atoms with Crippen LogP contribution < -0.4 is 20.1 Å². The van der Waals surface area contributed by atoms with Crippen molar-refractivity contribution in [1.29, 1.82) is 0 Å². The van der Waals surface area contributed by atoms with Gasteiger partial charge in [0.1, 0.15) is 5.82 Å². The highest BCUT2D eigenvalue weighted by atomic mass is 19.1. The Bertz CT molecular complexity index is 796. The van der Waals surface area contributed by atoms with Gasteiger partial charge in [-0.2, -0.15) is 0 Å². The van der Waals surface area contributed by atoms with Crippen LogP contribution in [0.25, 0.3) is 0 Å². The number of nitrogens with zero attached hydrogens (tertiary/aromatic N) is 2. The lowest BCUT2D eigenvalue weighted by Gasteiger charge is -2.26. The van der Waals surface area contributed by atoms with E-state index in [1.54, 1.807) is 26.3 Å². The van der Waals surface area contributed by atoms with Crippen LogP contribution in [0.5, 0.6) is 11.5 Å². The third-order valence-electron chi connectivity index (χ3n) is 4.27. The first-order valence-electron chi connectivity index (χ1n) is 9.18. The van der Waals surface area contributed by atoms with Crippen molar-refractivity contribution in [3.05, 3.63) is 53.8 Å². The molecule has 1 unspecified atom stereocenters. The number of methoxy groups -OCH3 is 1. The van der Waals surface area contributed by atoms with Crippen molar-refractivity contribution in [2.24, 2.45) is 4.99 Å². The summed E-state index contributed by atoms with van der Waals surface area (Å²) < 4.78 is 24.5. The Morgan fingerprint density at radius 1 is 1.18 bits per heavy atom. The molecule has 0 bridgehead atoms. The van der Waals surface area contributed by atoms with Gasteiger partial charge in [0.2, 0.25) is 0 Å². The molecule has 0 aromatic heterocycles. The summed E-state index contributed by atoms with van der Waals surface area (Å²) in [6.07, 6.45) is 0. The minimum Gasteiger partial charge on any atom is -0.493 e. The number of ether oxygens (including phenoxy) is 2. The number of hydrogen-bond donors (Lipinski definition) is 2. The zero-order valence-electron chi connectivity index (χ0n) is 17.1. The average Bonchev–Trinajstić information content (AvgIpc) is 2.67. The lowest BCUT2D eigenvalue weighted by molar-refractivity contribution is 0.298. The molecular formula is C21H29FN4O2. The molecule has 0 saturated carbocycles. The first-order valence-corrected chi connectivity index (χ1v) is 9.18. The average molecular weight is 388 g/mol. The molecule has 7 heteroatoms. The fourth-order valence-corrected chi connectivity index (χ4v) is 2.84. The first-order chi connectivity index (χ1) is 13.5. The monoisotopic (exact) mass is 388 g/mol. The van der Waals surface area contributed by atoms with E-state index in [9.17, 15) is 4.39 Å². The highest BCUT2D eigenvalue weighted by Crippen LogP contribution is 2.30. The number of benzene rings is 2. The summed E-state index contributed by atoms with van der Waals surface area (Å²) in [5.41, 5.74) is 1.72. The second-order valence-electron chi connectivity index (χ2n) is 6.41. The molecular weight excluding hydrogens is 359 g/mol. The van der Waals surface area contributed by atoms with E-state index in [-0.39, 0.29) is 11.9 Å². The summed E-state index contributed by atoms with van der Waals surface area (Å²) in [5, 5.41) is 6.55. The molecule has 0 aliphatic carbocycles. The molecule has 2 aromatic carbocycles. The summed E-state index contributed by atoms with van der Waals surface area (Å²) in [5.74, 6) is 1.70. The normalized spacial score (nSPS) is 12.6. The zero-order chi connectivity index (χ0) is 20.5. The molecule has 0 spiro atoms. The van der Waals surface area contributed by atoms with E-state index in [1.807, 2.05) is 50.2 Å². The van der Waals surface area contributed by atoms with E-state index in [0.29, 0.717) is 30.6 Å². The number of halogens is 1. The van der Waals surface area contributed by atoms with Crippen LogP contribution in [0.1, 0.15) is 18.5 Å². The number of aliphatic imine (C=N–C) groups is 1. The van der Waals surface area contributed by atoms with E-state index in [1.165, 1.54) is 6.07 Å². The maximum atomic E-state index is 13.6. The van der Waals surface area contributed by atoms with Crippen molar-refractivity contribution in [3.8, 4) is 11.5 Å². The molecule has 0 amide bonds. The van der Waals surface area contributed by atoms with E-state index in [0.717, 1.165) is 11.3 Å². The van der Waals surface area contributed by atoms with Gasteiger partial charge in [-0.15, -0.1) is 0 Å². The van der Waals surface area contributed by atoms with Crippen LogP contribution in [0.4, 0.5) is 10.1 Å². The molecule has 28 heavy (non-hydrogen) atoms. The summed E-state index contributed by atoms with van der Waals surface area (Å²) in [6, 6.07) is 12.2. The van der Waals surface area contributed by atoms with Crippen molar-refractivity contribution in [1.82, 2.24) is 10.2 Å². The molecule has 1 atom stereocenters. The maximum absolute atomic E-state index is 13.6. The number of likely N-dealkylation sites (N-methyl/N-ethyl adjacent to an activating group) is 1. The standard InChI is InChI=1S/C21H29FN4O2/c1-6-28-20-13-17(10-11-19(20)27-5)25-21(23-2)24-14-18(26(3)4)15-8-7-9-16(22)12-15/h7-13,18H,6,14H2,1-5H3,(H2,23,24,25). The van der Waals surface area contributed by atoms with Crippen LogP contribution in [-0.2, 0) is 0 Å². The molecule has 0 heterocycles. The topological polar surface area (TPSA) is 58.1 Å². The second-order valence-corrected chi connectivity index (χ2v) is 6.41. The van der Waals surface area contributed by atoms with Gasteiger partial charge in [-0.3, -0.25) is 4.99 Å². The van der Waals surface area contributed by atoms with Gasteiger partial charge in [0.05, 0.1) is 19.8 Å². The summed E-state index contributed by atoms with van der Waals surface area (Å²) in [4.78, 5) is 6.31. The first kappa shape index (κ1) is 21.5. The molecule has 2 N–H and O–H groups in total. The highest BCUT2D eigenvalue weighted by molar-refractivity contribution is 5.93. The van der Waals surface area contributed by atoms with E-state index in [2.05, 4.69) is 15.6 Å². The number of hydrogen-bond acceptors (Lipinski definition) is 4.